The molecule has 0 aliphatic carbocycles. The smallest absolute Gasteiger partial charge is 0.0645 e. The molecule has 3 nitrogen and oxygen atoms in total. The van der Waals surface area contributed by atoms with E-state index in [1.807, 2.05) is 11.3 Å². The lowest BCUT2D eigenvalue weighted by Crippen LogP contribution is -2.52. The molecule has 1 N–H and O–H groups in total. The minimum Gasteiger partial charge on any atom is -0.378 e. The summed E-state index contributed by atoms with van der Waals surface area (Å²) in [5.41, 5.74) is 1.62. The number of hydrogen-bond donors (Lipinski definition) is 1. The first-order valence-corrected chi connectivity index (χ1v) is 8.34. The lowest BCUT2D eigenvalue weighted by Gasteiger charge is -2.42. The standard InChI is InChI=1S/C16H28N2OS/c1-12(2)17-9-15-8-14(13(3)20-15)10-18-6-7-19-11-16(18,4)5/h8,12,17H,6-7,9-11H2,1-5H3. The lowest BCUT2D eigenvalue weighted by atomic mass is 10.0. The summed E-state index contributed by atoms with van der Waals surface area (Å²) < 4.78 is 5.60. The van der Waals surface area contributed by atoms with Gasteiger partial charge in [0, 0.05) is 41.0 Å². The molecule has 20 heavy (non-hydrogen) atoms. The van der Waals surface area contributed by atoms with Crippen molar-refractivity contribution in [2.45, 2.75) is 59.3 Å². The molecule has 2 rings (SSSR count). The molecule has 0 atom stereocenters. The first-order chi connectivity index (χ1) is 9.38. The monoisotopic (exact) mass is 296 g/mol. The van der Waals surface area contributed by atoms with Crippen LogP contribution in [0.25, 0.3) is 0 Å². The molecule has 1 aromatic heterocycles. The van der Waals surface area contributed by atoms with Crippen molar-refractivity contribution in [3.05, 3.63) is 21.4 Å². The summed E-state index contributed by atoms with van der Waals surface area (Å²) in [6.07, 6.45) is 0. The van der Waals surface area contributed by atoms with Crippen LogP contribution in [0.1, 0.15) is 43.0 Å². The number of nitrogens with one attached hydrogen (secondary N) is 1. The molecule has 0 unspecified atom stereocenters. The summed E-state index contributed by atoms with van der Waals surface area (Å²) >= 11 is 1.92. The molecule has 1 fully saturated rings. The lowest BCUT2D eigenvalue weighted by molar-refractivity contribution is -0.0553. The molecule has 1 aliphatic heterocycles. The van der Waals surface area contributed by atoms with E-state index >= 15 is 0 Å². The second-order valence-electron chi connectivity index (χ2n) is 6.62. The average molecular weight is 296 g/mol. The van der Waals surface area contributed by atoms with Gasteiger partial charge in [-0.1, -0.05) is 13.8 Å². The largest absolute Gasteiger partial charge is 0.378 e. The Bertz CT molecular complexity index is 440. The topological polar surface area (TPSA) is 24.5 Å². The Morgan fingerprint density at radius 2 is 2.20 bits per heavy atom. The number of thiophene rings is 1. The highest BCUT2D eigenvalue weighted by Crippen LogP contribution is 2.27. The molecule has 0 bridgehead atoms. The van der Waals surface area contributed by atoms with Gasteiger partial charge in [0.25, 0.3) is 0 Å². The summed E-state index contributed by atoms with van der Waals surface area (Å²) in [6.45, 7) is 15.9. The predicted octanol–water partition coefficient (Wildman–Crippen LogP) is 3.17. The summed E-state index contributed by atoms with van der Waals surface area (Å²) in [5, 5.41) is 3.50. The highest BCUT2D eigenvalue weighted by Gasteiger charge is 2.30. The van der Waals surface area contributed by atoms with Gasteiger partial charge in [-0.3, -0.25) is 4.90 Å². The van der Waals surface area contributed by atoms with Crippen molar-refractivity contribution in [2.24, 2.45) is 0 Å². The maximum atomic E-state index is 5.60. The Morgan fingerprint density at radius 3 is 2.85 bits per heavy atom. The van der Waals surface area contributed by atoms with Crippen molar-refractivity contribution in [3.63, 3.8) is 0 Å². The molecular weight excluding hydrogens is 268 g/mol. The van der Waals surface area contributed by atoms with Crippen LogP contribution in [0, 0.1) is 6.92 Å². The van der Waals surface area contributed by atoms with Crippen molar-refractivity contribution in [1.29, 1.82) is 0 Å². The van der Waals surface area contributed by atoms with Gasteiger partial charge < -0.3 is 10.1 Å². The van der Waals surface area contributed by atoms with Gasteiger partial charge >= 0.3 is 0 Å². The van der Waals surface area contributed by atoms with Gasteiger partial charge in [0.2, 0.25) is 0 Å². The van der Waals surface area contributed by atoms with Crippen LogP contribution in [0.2, 0.25) is 0 Å². The molecule has 1 saturated heterocycles. The van der Waals surface area contributed by atoms with Crippen LogP contribution < -0.4 is 5.32 Å². The van der Waals surface area contributed by atoms with Crippen molar-refractivity contribution in [2.75, 3.05) is 19.8 Å². The first-order valence-electron chi connectivity index (χ1n) is 7.53. The third-order valence-corrected chi connectivity index (χ3v) is 5.03. The summed E-state index contributed by atoms with van der Waals surface area (Å²) in [6, 6.07) is 2.92. The minimum absolute atomic E-state index is 0.142. The number of rotatable bonds is 5. The Kier molecular flexibility index (Phi) is 5.24. The fourth-order valence-electron chi connectivity index (χ4n) is 2.53. The zero-order chi connectivity index (χ0) is 14.8. The van der Waals surface area contributed by atoms with E-state index in [1.165, 1.54) is 15.3 Å². The summed E-state index contributed by atoms with van der Waals surface area (Å²) in [5.74, 6) is 0. The number of aryl methyl sites for hydroxylation is 1. The Hall–Kier alpha value is -0.420. The molecule has 1 aliphatic rings. The van der Waals surface area contributed by atoms with Gasteiger partial charge in [-0.15, -0.1) is 11.3 Å². The number of nitrogens with zero attached hydrogens (tertiary/aromatic N) is 1. The molecule has 0 saturated carbocycles. The van der Waals surface area contributed by atoms with Crippen LogP contribution in [-0.2, 0) is 17.8 Å². The van der Waals surface area contributed by atoms with E-state index in [9.17, 15) is 0 Å². The van der Waals surface area contributed by atoms with Crippen LogP contribution in [0.5, 0.6) is 0 Å². The van der Waals surface area contributed by atoms with Crippen molar-refractivity contribution >= 4 is 11.3 Å². The third-order valence-electron chi connectivity index (χ3n) is 3.93. The zero-order valence-electron chi connectivity index (χ0n) is 13.5. The quantitative estimate of drug-likeness (QED) is 0.903. The SMILES string of the molecule is Cc1sc(CNC(C)C)cc1CN1CCOCC1(C)C. The normalized spacial score (nSPS) is 19.7. The summed E-state index contributed by atoms with van der Waals surface area (Å²) in [7, 11) is 0. The van der Waals surface area contributed by atoms with Crippen LogP contribution in [0.4, 0.5) is 0 Å². The van der Waals surface area contributed by atoms with E-state index in [0.29, 0.717) is 6.04 Å². The van der Waals surface area contributed by atoms with Crippen molar-refractivity contribution < 1.29 is 4.74 Å². The molecule has 0 radical (unpaired) electrons. The average Bonchev–Trinajstić information content (AvgIpc) is 2.70. The maximum Gasteiger partial charge on any atom is 0.0645 e. The number of hydrogen-bond acceptors (Lipinski definition) is 4. The fraction of sp³-hybridized carbons (Fsp3) is 0.750. The molecule has 4 heteroatoms. The predicted molar refractivity (Wildman–Crippen MR) is 86.3 cm³/mol. The molecule has 2 heterocycles. The second kappa shape index (κ2) is 6.56. The van der Waals surface area contributed by atoms with Gasteiger partial charge in [0.05, 0.1) is 13.2 Å². The number of ether oxygens (including phenoxy) is 1. The van der Waals surface area contributed by atoms with E-state index in [1.54, 1.807) is 0 Å². The second-order valence-corrected chi connectivity index (χ2v) is 7.96. The van der Waals surface area contributed by atoms with Gasteiger partial charge in [-0.25, -0.2) is 0 Å². The Balaban J connectivity index is 2.02. The molecule has 0 aromatic carbocycles. The molecule has 0 spiro atoms. The Morgan fingerprint density at radius 1 is 1.45 bits per heavy atom. The van der Waals surface area contributed by atoms with E-state index in [0.717, 1.165) is 32.8 Å². The fourth-order valence-corrected chi connectivity index (χ4v) is 3.53. The maximum absolute atomic E-state index is 5.60. The highest BCUT2D eigenvalue weighted by molar-refractivity contribution is 7.12. The van der Waals surface area contributed by atoms with Gasteiger partial charge in [0.1, 0.15) is 0 Å². The molecule has 0 amide bonds. The molecular formula is C16H28N2OS. The van der Waals surface area contributed by atoms with Crippen molar-refractivity contribution in [1.82, 2.24) is 10.2 Å². The van der Waals surface area contributed by atoms with E-state index < -0.39 is 0 Å². The van der Waals surface area contributed by atoms with Crippen LogP contribution in [-0.4, -0.2) is 36.2 Å². The van der Waals surface area contributed by atoms with Gasteiger partial charge in [-0.2, -0.15) is 0 Å². The third kappa shape index (κ3) is 4.04. The highest BCUT2D eigenvalue weighted by atomic mass is 32.1. The van der Waals surface area contributed by atoms with Crippen LogP contribution in [0.3, 0.4) is 0 Å². The van der Waals surface area contributed by atoms with Gasteiger partial charge in [0.15, 0.2) is 0 Å². The summed E-state index contributed by atoms with van der Waals surface area (Å²) in [4.78, 5) is 5.44. The molecule has 114 valence electrons. The van der Waals surface area contributed by atoms with E-state index in [-0.39, 0.29) is 5.54 Å². The van der Waals surface area contributed by atoms with E-state index in [2.05, 4.69) is 50.9 Å². The Labute approximate surface area is 127 Å². The molecule has 1 aromatic rings. The zero-order valence-corrected chi connectivity index (χ0v) is 14.3. The van der Waals surface area contributed by atoms with Gasteiger partial charge in [-0.05, 0) is 32.4 Å². The minimum atomic E-state index is 0.142. The first kappa shape index (κ1) is 16.0. The number of morpholine rings is 1. The van der Waals surface area contributed by atoms with Crippen molar-refractivity contribution in [3.8, 4) is 0 Å². The van der Waals surface area contributed by atoms with Crippen LogP contribution in [0.15, 0.2) is 6.07 Å². The van der Waals surface area contributed by atoms with Crippen LogP contribution >= 0.6 is 11.3 Å². The van der Waals surface area contributed by atoms with E-state index in [4.69, 9.17) is 4.74 Å².